The molecule has 0 spiro atoms. The summed E-state index contributed by atoms with van der Waals surface area (Å²) in [5.74, 6) is 1.37. The first-order valence-corrected chi connectivity index (χ1v) is 16.0. The minimum Gasteiger partial charge on any atom is -0.488 e. The summed E-state index contributed by atoms with van der Waals surface area (Å²) in [5.41, 5.74) is 4.64. The van der Waals surface area contributed by atoms with Crippen molar-refractivity contribution in [3.63, 3.8) is 0 Å². The number of hydrogen-bond donors (Lipinski definition) is 3. The lowest BCUT2D eigenvalue weighted by Crippen LogP contribution is -2.39. The number of aliphatic hydroxyl groups is 1. The number of sulfone groups is 1. The van der Waals surface area contributed by atoms with Crippen LogP contribution in [-0.4, -0.2) is 65.3 Å². The van der Waals surface area contributed by atoms with E-state index in [0.29, 0.717) is 18.8 Å². The van der Waals surface area contributed by atoms with Crippen LogP contribution in [0.2, 0.25) is 5.02 Å². The van der Waals surface area contributed by atoms with E-state index in [2.05, 4.69) is 27.5 Å². The van der Waals surface area contributed by atoms with Crippen molar-refractivity contribution in [1.29, 1.82) is 0 Å². The van der Waals surface area contributed by atoms with Crippen LogP contribution in [0.25, 0.3) is 0 Å². The number of nitrogens with one attached hydrogen (secondary N) is 2. The molecule has 1 amide bonds. The standard InChI is InChI=1S/C30H36ClN5O5S/c1-17(2)42(39,40)25-8-6-5-7-23(25)33-29-22(31)15-32-30(35-29)34-24-13-18(3)27(21-14-19(4)41-28(21)24)20-9-11-36(12-10-20)26(38)16-37/h5-8,13,15,17,19-20,37H,9-12,14,16H2,1-4H3,(H2,32,33,34,35)/t19-/m1/s1. The van der Waals surface area contributed by atoms with E-state index in [9.17, 15) is 18.3 Å². The SMILES string of the molecule is Cc1cc(Nc2ncc(Cl)c(Nc3ccccc3S(=O)(=O)C(C)C)n2)c2c(c1C1CCN(C(=O)CO)CC1)C[C@@H](C)O2. The van der Waals surface area contributed by atoms with Crippen molar-refractivity contribution in [3.8, 4) is 5.75 Å². The zero-order valence-electron chi connectivity index (χ0n) is 24.1. The van der Waals surface area contributed by atoms with Gasteiger partial charge in [-0.3, -0.25) is 4.79 Å². The average molecular weight is 614 g/mol. The first kappa shape index (κ1) is 30.1. The van der Waals surface area contributed by atoms with Crippen molar-refractivity contribution >= 4 is 50.5 Å². The molecule has 3 N–H and O–H groups in total. The number of aliphatic hydroxyl groups excluding tert-OH is 1. The number of amides is 1. The van der Waals surface area contributed by atoms with Crippen molar-refractivity contribution in [2.75, 3.05) is 30.3 Å². The highest BCUT2D eigenvalue weighted by molar-refractivity contribution is 7.92. The molecule has 2 aliphatic rings. The quantitative estimate of drug-likeness (QED) is 0.316. The Labute approximate surface area is 251 Å². The van der Waals surface area contributed by atoms with E-state index in [0.717, 1.165) is 41.8 Å². The summed E-state index contributed by atoms with van der Waals surface area (Å²) in [6.45, 7) is 8.17. The number of para-hydroxylation sites is 1. The fourth-order valence-corrected chi connectivity index (χ4v) is 7.10. The number of anilines is 4. The number of fused-ring (bicyclic) bond motifs is 1. The van der Waals surface area contributed by atoms with Gasteiger partial charge < -0.3 is 25.4 Å². The van der Waals surface area contributed by atoms with Crippen LogP contribution in [0.1, 0.15) is 56.2 Å². The van der Waals surface area contributed by atoms with Gasteiger partial charge in [-0.05, 0) is 75.8 Å². The number of benzene rings is 2. The van der Waals surface area contributed by atoms with Crippen LogP contribution < -0.4 is 15.4 Å². The molecule has 1 atom stereocenters. The van der Waals surface area contributed by atoms with Gasteiger partial charge in [0.2, 0.25) is 11.9 Å². The Bertz CT molecular complexity index is 1610. The van der Waals surface area contributed by atoms with Gasteiger partial charge in [0.05, 0.1) is 27.7 Å². The Kier molecular flexibility index (Phi) is 8.63. The summed E-state index contributed by atoms with van der Waals surface area (Å²) in [7, 11) is -3.55. The van der Waals surface area contributed by atoms with Gasteiger partial charge in [-0.2, -0.15) is 4.98 Å². The van der Waals surface area contributed by atoms with Gasteiger partial charge in [-0.1, -0.05) is 23.7 Å². The monoisotopic (exact) mass is 613 g/mol. The second kappa shape index (κ2) is 12.1. The van der Waals surface area contributed by atoms with E-state index >= 15 is 0 Å². The molecule has 2 aromatic carbocycles. The number of nitrogens with zero attached hydrogens (tertiary/aromatic N) is 3. The molecule has 3 aromatic rings. The van der Waals surface area contributed by atoms with E-state index in [4.69, 9.17) is 16.3 Å². The van der Waals surface area contributed by atoms with Gasteiger partial charge in [0.15, 0.2) is 15.7 Å². The molecule has 10 nitrogen and oxygen atoms in total. The third-order valence-corrected chi connectivity index (χ3v) is 10.4. The number of piperidine rings is 1. The third kappa shape index (κ3) is 5.91. The highest BCUT2D eigenvalue weighted by Gasteiger charge is 2.33. The first-order valence-electron chi connectivity index (χ1n) is 14.1. The van der Waals surface area contributed by atoms with Crippen LogP contribution in [0, 0.1) is 6.92 Å². The topological polar surface area (TPSA) is 134 Å². The molecule has 0 radical (unpaired) electrons. The minimum atomic E-state index is -3.55. The summed E-state index contributed by atoms with van der Waals surface area (Å²) in [5, 5.41) is 15.3. The Morgan fingerprint density at radius 3 is 2.60 bits per heavy atom. The van der Waals surface area contributed by atoms with Crippen LogP contribution in [-0.2, 0) is 21.1 Å². The number of carbonyl (C=O) groups is 1. The number of carbonyl (C=O) groups excluding carboxylic acids is 1. The number of halogens is 1. The maximum Gasteiger partial charge on any atom is 0.248 e. The number of aromatic nitrogens is 2. The molecule has 0 unspecified atom stereocenters. The van der Waals surface area contributed by atoms with E-state index in [1.165, 1.54) is 11.8 Å². The van der Waals surface area contributed by atoms with E-state index in [-0.39, 0.29) is 39.6 Å². The molecular formula is C30H36ClN5O5S. The smallest absolute Gasteiger partial charge is 0.248 e. The van der Waals surface area contributed by atoms with E-state index in [1.54, 1.807) is 43.0 Å². The molecule has 0 saturated carbocycles. The van der Waals surface area contributed by atoms with Crippen molar-refractivity contribution < 1.29 is 23.1 Å². The molecule has 42 heavy (non-hydrogen) atoms. The fraction of sp³-hybridized carbons (Fsp3) is 0.433. The Hall–Kier alpha value is -3.41. The van der Waals surface area contributed by atoms with Crippen molar-refractivity contribution in [2.45, 2.75) is 69.1 Å². The summed E-state index contributed by atoms with van der Waals surface area (Å²) in [6, 6.07) is 8.70. The molecule has 12 heteroatoms. The molecule has 1 aromatic heterocycles. The lowest BCUT2D eigenvalue weighted by atomic mass is 9.82. The summed E-state index contributed by atoms with van der Waals surface area (Å²) in [6.07, 6.45) is 3.88. The van der Waals surface area contributed by atoms with E-state index < -0.39 is 21.7 Å². The molecule has 1 fully saturated rings. The number of hydrogen-bond acceptors (Lipinski definition) is 9. The average Bonchev–Trinajstić information content (AvgIpc) is 3.36. The molecule has 224 valence electrons. The van der Waals surface area contributed by atoms with Gasteiger partial charge in [-0.15, -0.1) is 0 Å². The van der Waals surface area contributed by atoms with Gasteiger partial charge in [0.25, 0.3) is 0 Å². The van der Waals surface area contributed by atoms with Crippen LogP contribution in [0.3, 0.4) is 0 Å². The number of aryl methyl sites for hydroxylation is 1. The third-order valence-electron chi connectivity index (χ3n) is 7.89. The zero-order valence-corrected chi connectivity index (χ0v) is 25.7. The summed E-state index contributed by atoms with van der Waals surface area (Å²) in [4.78, 5) is 22.8. The predicted octanol–water partition coefficient (Wildman–Crippen LogP) is 5.13. The highest BCUT2D eigenvalue weighted by atomic mass is 35.5. The maximum atomic E-state index is 12.9. The van der Waals surface area contributed by atoms with Crippen molar-refractivity contribution in [2.24, 2.45) is 0 Å². The number of ether oxygens (including phenoxy) is 1. The van der Waals surface area contributed by atoms with E-state index in [1.807, 2.05) is 13.0 Å². The van der Waals surface area contributed by atoms with Gasteiger partial charge >= 0.3 is 0 Å². The minimum absolute atomic E-state index is 0.0000672. The van der Waals surface area contributed by atoms with Crippen LogP contribution in [0.4, 0.5) is 23.1 Å². The fourth-order valence-electron chi connectivity index (χ4n) is 5.76. The molecule has 5 rings (SSSR count). The Morgan fingerprint density at radius 2 is 1.90 bits per heavy atom. The normalized spacial score (nSPS) is 17.2. The second-order valence-electron chi connectivity index (χ2n) is 11.1. The number of rotatable bonds is 8. The number of likely N-dealkylation sites (tertiary alicyclic amines) is 1. The Morgan fingerprint density at radius 1 is 1.19 bits per heavy atom. The van der Waals surface area contributed by atoms with Gasteiger partial charge in [0, 0.05) is 25.1 Å². The van der Waals surface area contributed by atoms with Crippen LogP contribution in [0.5, 0.6) is 5.75 Å². The van der Waals surface area contributed by atoms with Gasteiger partial charge in [0.1, 0.15) is 23.5 Å². The van der Waals surface area contributed by atoms with Crippen molar-refractivity contribution in [1.82, 2.24) is 14.9 Å². The zero-order chi connectivity index (χ0) is 30.2. The predicted molar refractivity (Wildman–Crippen MR) is 163 cm³/mol. The highest BCUT2D eigenvalue weighted by Crippen LogP contribution is 2.46. The maximum absolute atomic E-state index is 12.9. The Balaban J connectivity index is 1.43. The lowest BCUT2D eigenvalue weighted by molar-refractivity contribution is -0.135. The molecule has 1 saturated heterocycles. The van der Waals surface area contributed by atoms with Crippen LogP contribution in [0.15, 0.2) is 41.4 Å². The lowest BCUT2D eigenvalue weighted by Gasteiger charge is -2.33. The first-order chi connectivity index (χ1) is 20.0. The van der Waals surface area contributed by atoms with Crippen LogP contribution >= 0.6 is 11.6 Å². The summed E-state index contributed by atoms with van der Waals surface area (Å²) < 4.78 is 32.2. The molecule has 0 aliphatic carbocycles. The molecule has 0 bridgehead atoms. The molecular weight excluding hydrogens is 578 g/mol. The molecule has 2 aliphatic heterocycles. The van der Waals surface area contributed by atoms with Gasteiger partial charge in [-0.25, -0.2) is 13.4 Å². The second-order valence-corrected chi connectivity index (χ2v) is 14.0. The van der Waals surface area contributed by atoms with Crippen molar-refractivity contribution in [3.05, 3.63) is 58.2 Å². The largest absolute Gasteiger partial charge is 0.488 e. The molecule has 3 heterocycles. The summed E-state index contributed by atoms with van der Waals surface area (Å²) >= 11 is 6.43.